The minimum atomic E-state index is 0. The Balaban J connectivity index is -0.000000196. The van der Waals surface area contributed by atoms with Crippen molar-refractivity contribution in [2.75, 3.05) is 0 Å². The van der Waals surface area contributed by atoms with E-state index < -0.39 is 0 Å². The van der Waals surface area contributed by atoms with E-state index in [4.69, 9.17) is 0 Å². The van der Waals surface area contributed by atoms with Crippen molar-refractivity contribution in [2.45, 2.75) is 26.7 Å². The second kappa shape index (κ2) is 13.6. The van der Waals surface area contributed by atoms with Gasteiger partial charge in [0.2, 0.25) is 0 Å². The molecule has 0 heterocycles. The Morgan fingerprint density at radius 2 is 0.882 bits per heavy atom. The predicted octanol–water partition coefficient (Wildman–Crippen LogP) is 4.83. The van der Waals surface area contributed by atoms with Crippen LogP contribution in [-0.2, 0) is 39.0 Å². The summed E-state index contributed by atoms with van der Waals surface area (Å²) in [6, 6.07) is 16.8. The Kier molecular flexibility index (Phi) is 17.5. The molecule has 1 heteroatoms. The zero-order chi connectivity index (χ0) is 10.2. The number of aryl methyl sites for hydroxylation is 2. The zero-order valence-corrected chi connectivity index (χ0v) is 14.0. The van der Waals surface area contributed by atoms with Crippen LogP contribution in [0.3, 0.4) is 0 Å². The molecule has 0 amide bonds. The van der Waals surface area contributed by atoms with Crippen molar-refractivity contribution in [3.63, 3.8) is 0 Å². The van der Waals surface area contributed by atoms with E-state index in [0.717, 1.165) is 12.8 Å². The van der Waals surface area contributed by atoms with Gasteiger partial charge in [-0.1, -0.05) is 26.7 Å². The van der Waals surface area contributed by atoms with Gasteiger partial charge >= 0.3 is 26.2 Å². The van der Waals surface area contributed by atoms with Gasteiger partial charge in [0.15, 0.2) is 0 Å². The van der Waals surface area contributed by atoms with Gasteiger partial charge in [-0.3, -0.25) is 0 Å². The van der Waals surface area contributed by atoms with Crippen LogP contribution in [0.25, 0.3) is 0 Å². The maximum atomic E-state index is 2.16. The number of hydrogen-bond donors (Lipinski definition) is 0. The summed E-state index contributed by atoms with van der Waals surface area (Å²) < 4.78 is 0. The van der Waals surface area contributed by atoms with Crippen LogP contribution in [0.2, 0.25) is 0 Å². The fourth-order valence-corrected chi connectivity index (χ4v) is 1.30. The third-order valence-electron chi connectivity index (χ3n) is 2.28. The molecule has 0 unspecified atom stereocenters. The number of rotatable bonds is 2. The Morgan fingerprint density at radius 1 is 0.647 bits per heavy atom. The zero-order valence-electron chi connectivity index (χ0n) is 11.5. The SMILES string of the molecule is CC[c-]1cccc1.CC[c-]1cccc1.[CH3-].[CH3-].[Zr+4]. The van der Waals surface area contributed by atoms with Crippen molar-refractivity contribution in [1.29, 1.82) is 0 Å². The maximum absolute atomic E-state index is 2.16. The summed E-state index contributed by atoms with van der Waals surface area (Å²) in [5.74, 6) is 0. The van der Waals surface area contributed by atoms with Gasteiger partial charge in [0.05, 0.1) is 0 Å². The van der Waals surface area contributed by atoms with Gasteiger partial charge in [-0.2, -0.15) is 35.4 Å². The van der Waals surface area contributed by atoms with Crippen LogP contribution in [0.15, 0.2) is 48.5 Å². The molecule has 0 aromatic heterocycles. The van der Waals surface area contributed by atoms with Gasteiger partial charge in [0.1, 0.15) is 0 Å². The summed E-state index contributed by atoms with van der Waals surface area (Å²) in [5.41, 5.74) is 2.86. The van der Waals surface area contributed by atoms with Crippen molar-refractivity contribution < 1.29 is 26.2 Å². The Bertz CT molecular complexity index is 269. The van der Waals surface area contributed by atoms with Crippen LogP contribution < -0.4 is 0 Å². The summed E-state index contributed by atoms with van der Waals surface area (Å²) >= 11 is 0. The molecule has 0 radical (unpaired) electrons. The average Bonchev–Trinajstić information content (AvgIpc) is 2.92. The van der Waals surface area contributed by atoms with E-state index in [9.17, 15) is 0 Å². The molecule has 0 aliphatic rings. The molecular weight excluding hydrogens is 283 g/mol. The monoisotopic (exact) mass is 306 g/mol. The second-order valence-corrected chi connectivity index (χ2v) is 3.29. The Morgan fingerprint density at radius 3 is 1.00 bits per heavy atom. The van der Waals surface area contributed by atoms with Crippen molar-refractivity contribution in [1.82, 2.24) is 0 Å². The normalized spacial score (nSPS) is 7.65. The molecule has 2 aromatic rings. The molecule has 0 nitrogen and oxygen atoms in total. The van der Waals surface area contributed by atoms with E-state index in [-0.39, 0.29) is 41.1 Å². The molecule has 0 atom stereocenters. The van der Waals surface area contributed by atoms with Crippen molar-refractivity contribution >= 4 is 0 Å². The molecule has 0 saturated heterocycles. The van der Waals surface area contributed by atoms with Crippen molar-refractivity contribution in [2.24, 2.45) is 0 Å². The average molecular weight is 308 g/mol. The summed E-state index contributed by atoms with van der Waals surface area (Å²) in [5, 5.41) is 0. The predicted molar refractivity (Wildman–Crippen MR) is 75.7 cm³/mol. The molecule has 17 heavy (non-hydrogen) atoms. The van der Waals surface area contributed by atoms with E-state index in [1.54, 1.807) is 0 Å². The first-order valence-corrected chi connectivity index (χ1v) is 5.28. The fraction of sp³-hybridized carbons (Fsp3) is 0.250. The van der Waals surface area contributed by atoms with Crippen LogP contribution in [0.4, 0.5) is 0 Å². The van der Waals surface area contributed by atoms with E-state index >= 15 is 0 Å². The van der Waals surface area contributed by atoms with Crippen molar-refractivity contribution in [3.05, 3.63) is 74.5 Å². The van der Waals surface area contributed by atoms with Crippen LogP contribution in [0.5, 0.6) is 0 Å². The van der Waals surface area contributed by atoms with Crippen LogP contribution >= 0.6 is 0 Å². The molecule has 0 bridgehead atoms. The van der Waals surface area contributed by atoms with E-state index in [1.807, 2.05) is 0 Å². The van der Waals surface area contributed by atoms with Gasteiger partial charge in [-0.05, 0) is 0 Å². The largest absolute Gasteiger partial charge is 4.00 e. The van der Waals surface area contributed by atoms with Gasteiger partial charge in [-0.25, -0.2) is 24.3 Å². The summed E-state index contributed by atoms with van der Waals surface area (Å²) in [4.78, 5) is 0. The van der Waals surface area contributed by atoms with Crippen LogP contribution in [0, 0.1) is 14.9 Å². The first kappa shape index (κ1) is 21.8. The van der Waals surface area contributed by atoms with Gasteiger partial charge < -0.3 is 14.9 Å². The second-order valence-electron chi connectivity index (χ2n) is 3.29. The molecule has 0 N–H and O–H groups in total. The maximum Gasteiger partial charge on any atom is 4.00 e. The Labute approximate surface area is 127 Å². The molecule has 2 rings (SSSR count). The topological polar surface area (TPSA) is 0 Å². The Hall–Kier alpha value is -0.417. The molecule has 0 aliphatic carbocycles. The van der Waals surface area contributed by atoms with Crippen molar-refractivity contribution in [3.8, 4) is 0 Å². The van der Waals surface area contributed by atoms with Gasteiger partial charge in [-0.15, -0.1) is 0 Å². The summed E-state index contributed by atoms with van der Waals surface area (Å²) in [6.07, 6.45) is 2.32. The molecular formula is C16H24Zr. The molecule has 0 spiro atoms. The van der Waals surface area contributed by atoms with Crippen LogP contribution in [0.1, 0.15) is 25.0 Å². The fourth-order valence-electron chi connectivity index (χ4n) is 1.30. The number of hydrogen-bond acceptors (Lipinski definition) is 0. The van der Waals surface area contributed by atoms with Gasteiger partial charge in [0.25, 0.3) is 0 Å². The smallest absolute Gasteiger partial charge is 0.358 e. The van der Waals surface area contributed by atoms with E-state index in [1.165, 1.54) is 11.1 Å². The first-order valence-electron chi connectivity index (χ1n) is 5.28. The summed E-state index contributed by atoms with van der Waals surface area (Å²) in [6.45, 7) is 4.32. The van der Waals surface area contributed by atoms with E-state index in [2.05, 4.69) is 62.4 Å². The minimum Gasteiger partial charge on any atom is -0.358 e. The third-order valence-corrected chi connectivity index (χ3v) is 2.28. The van der Waals surface area contributed by atoms with Gasteiger partial charge in [0, 0.05) is 0 Å². The third kappa shape index (κ3) is 9.30. The molecule has 2 aromatic carbocycles. The van der Waals surface area contributed by atoms with Crippen LogP contribution in [-0.4, -0.2) is 0 Å². The molecule has 0 aliphatic heterocycles. The molecule has 92 valence electrons. The molecule has 0 fully saturated rings. The summed E-state index contributed by atoms with van der Waals surface area (Å²) in [7, 11) is 0. The standard InChI is InChI=1S/2C7H9.2CH3.Zr/c2*1-2-7-5-3-4-6-7;;;/h2*3-6H,2H2,1H3;2*1H3;/q4*-1;+4. The quantitative estimate of drug-likeness (QED) is 0.697. The molecule has 0 saturated carbocycles. The first-order chi connectivity index (χ1) is 6.86. The van der Waals surface area contributed by atoms with E-state index in [0.29, 0.717) is 0 Å². The minimum absolute atomic E-state index is 0.